The van der Waals surface area contributed by atoms with Crippen molar-refractivity contribution < 1.29 is 14.7 Å². The van der Waals surface area contributed by atoms with Gasteiger partial charge in [0.05, 0.1) is 0 Å². The smallest absolute Gasteiger partial charge is 0.326 e. The number of anilines is 1. The number of hydrogen-bond acceptors (Lipinski definition) is 5. The molecule has 3 heterocycles. The average molecular weight is 431 g/mol. The molecule has 2 atom stereocenters. The fourth-order valence-corrected chi connectivity index (χ4v) is 4.73. The maximum Gasteiger partial charge on any atom is 0.326 e. The third-order valence-corrected chi connectivity index (χ3v) is 6.84. The van der Waals surface area contributed by atoms with Gasteiger partial charge in [0.1, 0.15) is 11.9 Å². The molecular weight excluding hydrogens is 392 g/mol. The molecule has 0 aliphatic carbocycles. The minimum atomic E-state index is -0.942. The summed E-state index contributed by atoms with van der Waals surface area (Å²) in [6.07, 6.45) is 7.44. The highest BCUT2D eigenvalue weighted by molar-refractivity contribution is 5.84. The predicted molar refractivity (Wildman–Crippen MR) is 122 cm³/mol. The first-order chi connectivity index (χ1) is 15.0. The second-order valence-electron chi connectivity index (χ2n) is 9.04. The molecule has 1 aromatic heterocycles. The monoisotopic (exact) mass is 430 g/mol. The number of aliphatic carboxylic acids is 1. The molecule has 2 aliphatic rings. The number of pyridine rings is 1. The van der Waals surface area contributed by atoms with Gasteiger partial charge in [0.15, 0.2) is 0 Å². The minimum absolute atomic E-state index is 0.106. The number of fused-ring (bicyclic) bond motifs is 1. The van der Waals surface area contributed by atoms with Gasteiger partial charge in [-0.15, -0.1) is 0 Å². The largest absolute Gasteiger partial charge is 0.480 e. The highest BCUT2D eigenvalue weighted by Gasteiger charge is 2.27. The number of carbonyl (C=O) groups is 2. The molecular formula is C24H38N4O3. The molecule has 1 fully saturated rings. The summed E-state index contributed by atoms with van der Waals surface area (Å²) in [7, 11) is 0. The van der Waals surface area contributed by atoms with Crippen molar-refractivity contribution in [3.8, 4) is 0 Å². The van der Waals surface area contributed by atoms with Gasteiger partial charge in [0.2, 0.25) is 5.91 Å². The van der Waals surface area contributed by atoms with E-state index in [2.05, 4.69) is 27.7 Å². The summed E-state index contributed by atoms with van der Waals surface area (Å²) in [6, 6.07) is 3.57. The fraction of sp³-hybridized carbons (Fsp3) is 0.708. The van der Waals surface area contributed by atoms with E-state index < -0.39 is 12.0 Å². The van der Waals surface area contributed by atoms with Gasteiger partial charge in [-0.1, -0.05) is 19.9 Å². The Kier molecular flexibility index (Phi) is 8.69. The summed E-state index contributed by atoms with van der Waals surface area (Å²) in [6.45, 7) is 7.63. The quantitative estimate of drug-likeness (QED) is 0.499. The Morgan fingerprint density at radius 2 is 2.13 bits per heavy atom. The van der Waals surface area contributed by atoms with Crippen LogP contribution < -0.4 is 10.6 Å². The molecule has 3 rings (SSSR count). The number of hydrogen-bond donors (Lipinski definition) is 3. The highest BCUT2D eigenvalue weighted by atomic mass is 16.4. The number of amides is 1. The van der Waals surface area contributed by atoms with E-state index in [1.807, 2.05) is 13.8 Å². The zero-order valence-electron chi connectivity index (χ0n) is 19.0. The Bertz CT molecular complexity index is 750. The maximum atomic E-state index is 12.3. The lowest BCUT2D eigenvalue weighted by molar-refractivity contribution is -0.142. The first-order valence-corrected chi connectivity index (χ1v) is 12.0. The predicted octanol–water partition coefficient (Wildman–Crippen LogP) is 3.09. The van der Waals surface area contributed by atoms with E-state index in [9.17, 15) is 14.7 Å². The van der Waals surface area contributed by atoms with Crippen LogP contribution in [0.15, 0.2) is 12.1 Å². The standard InChI is InChI=1S/C24H38N4O3/c1-3-18(4-2)23(29)27-21(24(30)31)12-15-28-14-11-17(16-28)7-9-20-10-8-19-6-5-13-25-22(19)26-20/h8,10,17-18,21H,3-7,9,11-16H2,1-2H3,(H,25,26)(H,27,29)(H,30,31). The Hall–Kier alpha value is -2.15. The minimum Gasteiger partial charge on any atom is -0.480 e. The summed E-state index contributed by atoms with van der Waals surface area (Å²) in [5.41, 5.74) is 2.48. The van der Waals surface area contributed by atoms with Gasteiger partial charge < -0.3 is 20.6 Å². The SMILES string of the molecule is CCC(CC)C(=O)NC(CCN1CCC(CCc2ccc3c(n2)NCCC3)C1)C(=O)O. The number of aryl methyl sites for hydroxylation is 2. The van der Waals surface area contributed by atoms with Crippen LogP contribution in [0, 0.1) is 11.8 Å². The van der Waals surface area contributed by atoms with Gasteiger partial charge in [-0.3, -0.25) is 4.79 Å². The third kappa shape index (κ3) is 6.66. The van der Waals surface area contributed by atoms with Gasteiger partial charge >= 0.3 is 5.97 Å². The van der Waals surface area contributed by atoms with Crippen molar-refractivity contribution in [2.24, 2.45) is 11.8 Å². The van der Waals surface area contributed by atoms with Gasteiger partial charge in [0.25, 0.3) is 0 Å². The van der Waals surface area contributed by atoms with E-state index in [1.165, 1.54) is 12.0 Å². The lowest BCUT2D eigenvalue weighted by atomic mass is 10.00. The van der Waals surface area contributed by atoms with E-state index >= 15 is 0 Å². The third-order valence-electron chi connectivity index (χ3n) is 6.84. The number of carbonyl (C=O) groups excluding carboxylic acids is 1. The molecule has 1 saturated heterocycles. The van der Waals surface area contributed by atoms with Gasteiger partial charge in [-0.25, -0.2) is 9.78 Å². The fourth-order valence-electron chi connectivity index (χ4n) is 4.73. The number of carboxylic acid groups (broad SMARTS) is 1. The van der Waals surface area contributed by atoms with E-state index in [0.29, 0.717) is 18.9 Å². The zero-order valence-corrected chi connectivity index (χ0v) is 19.0. The summed E-state index contributed by atoms with van der Waals surface area (Å²) in [5.74, 6) is 0.497. The Labute approximate surface area is 186 Å². The van der Waals surface area contributed by atoms with Gasteiger partial charge in [0, 0.05) is 31.2 Å². The molecule has 2 aliphatic heterocycles. The Morgan fingerprint density at radius 1 is 1.32 bits per heavy atom. The van der Waals surface area contributed by atoms with E-state index in [0.717, 1.165) is 69.7 Å². The lowest BCUT2D eigenvalue weighted by Gasteiger charge is -2.22. The molecule has 1 amide bonds. The average Bonchev–Trinajstić information content (AvgIpc) is 3.23. The van der Waals surface area contributed by atoms with Crippen LogP contribution in [0.2, 0.25) is 0 Å². The number of aromatic nitrogens is 1. The van der Waals surface area contributed by atoms with Crippen LogP contribution in [0.3, 0.4) is 0 Å². The topological polar surface area (TPSA) is 94.6 Å². The van der Waals surface area contributed by atoms with Crippen molar-refractivity contribution in [1.29, 1.82) is 0 Å². The molecule has 0 aromatic carbocycles. The van der Waals surface area contributed by atoms with Crippen LogP contribution in [-0.2, 0) is 22.4 Å². The molecule has 1 aromatic rings. The number of carboxylic acids is 1. The number of rotatable bonds is 11. The molecule has 0 spiro atoms. The number of nitrogens with zero attached hydrogens (tertiary/aromatic N) is 2. The molecule has 31 heavy (non-hydrogen) atoms. The van der Waals surface area contributed by atoms with Crippen molar-refractivity contribution in [3.05, 3.63) is 23.4 Å². The molecule has 7 heteroatoms. The van der Waals surface area contributed by atoms with Gasteiger partial charge in [-0.2, -0.15) is 0 Å². The molecule has 0 saturated carbocycles. The maximum absolute atomic E-state index is 12.3. The van der Waals surface area contributed by atoms with Crippen LogP contribution >= 0.6 is 0 Å². The van der Waals surface area contributed by atoms with Crippen molar-refractivity contribution in [2.45, 2.75) is 71.3 Å². The summed E-state index contributed by atoms with van der Waals surface area (Å²) >= 11 is 0. The Morgan fingerprint density at radius 3 is 2.87 bits per heavy atom. The number of nitrogens with one attached hydrogen (secondary N) is 2. The van der Waals surface area contributed by atoms with Crippen LogP contribution in [-0.4, -0.2) is 59.1 Å². The second kappa shape index (κ2) is 11.5. The second-order valence-corrected chi connectivity index (χ2v) is 9.04. The first kappa shape index (κ1) is 23.5. The molecule has 172 valence electrons. The lowest BCUT2D eigenvalue weighted by Crippen LogP contribution is -2.45. The molecule has 3 N–H and O–H groups in total. The normalized spacial score (nSPS) is 19.6. The van der Waals surface area contributed by atoms with Crippen molar-refractivity contribution >= 4 is 17.7 Å². The summed E-state index contributed by atoms with van der Waals surface area (Å²) in [5, 5.41) is 15.7. The van der Waals surface area contributed by atoms with Crippen LogP contribution in [0.25, 0.3) is 0 Å². The first-order valence-electron chi connectivity index (χ1n) is 12.0. The summed E-state index contributed by atoms with van der Waals surface area (Å²) in [4.78, 5) is 31.0. The van der Waals surface area contributed by atoms with E-state index in [-0.39, 0.29) is 11.8 Å². The zero-order chi connectivity index (χ0) is 22.2. The summed E-state index contributed by atoms with van der Waals surface area (Å²) < 4.78 is 0. The van der Waals surface area contributed by atoms with E-state index in [4.69, 9.17) is 4.98 Å². The van der Waals surface area contributed by atoms with Crippen LogP contribution in [0.1, 0.15) is 63.6 Å². The van der Waals surface area contributed by atoms with Crippen molar-refractivity contribution in [1.82, 2.24) is 15.2 Å². The number of likely N-dealkylation sites (tertiary alicyclic amines) is 1. The molecule has 7 nitrogen and oxygen atoms in total. The van der Waals surface area contributed by atoms with Crippen LogP contribution in [0.4, 0.5) is 5.82 Å². The van der Waals surface area contributed by atoms with Crippen molar-refractivity contribution in [2.75, 3.05) is 31.5 Å². The molecule has 0 bridgehead atoms. The van der Waals surface area contributed by atoms with E-state index in [1.54, 1.807) is 0 Å². The molecule has 2 unspecified atom stereocenters. The van der Waals surface area contributed by atoms with Crippen molar-refractivity contribution in [3.63, 3.8) is 0 Å². The van der Waals surface area contributed by atoms with Crippen LogP contribution in [0.5, 0.6) is 0 Å². The molecule has 0 radical (unpaired) electrons. The van der Waals surface area contributed by atoms with Gasteiger partial charge in [-0.05, 0) is 75.5 Å². The Balaban J connectivity index is 1.42. The highest BCUT2D eigenvalue weighted by Crippen LogP contribution is 2.24.